The first-order valence-electron chi connectivity index (χ1n) is 5.26. The van der Waals surface area contributed by atoms with Crippen LogP contribution in [0.25, 0.3) is 0 Å². The van der Waals surface area contributed by atoms with Crippen molar-refractivity contribution in [1.82, 2.24) is 0 Å². The van der Waals surface area contributed by atoms with E-state index in [1.165, 1.54) is 5.56 Å². The lowest BCUT2D eigenvalue weighted by Gasteiger charge is -2.27. The first-order chi connectivity index (χ1) is 7.12. The Morgan fingerprint density at radius 2 is 2.27 bits per heavy atom. The van der Waals surface area contributed by atoms with Gasteiger partial charge >= 0.3 is 0 Å². The van der Waals surface area contributed by atoms with Crippen LogP contribution in [0.15, 0.2) is 28.7 Å². The molecular formula is C12H16BrNO. The Hall–Kier alpha value is -0.380. The molecule has 0 aromatic heterocycles. The fourth-order valence-corrected chi connectivity index (χ4v) is 2.45. The minimum atomic E-state index is -0.204. The van der Waals surface area contributed by atoms with Crippen molar-refractivity contribution in [3.8, 4) is 0 Å². The summed E-state index contributed by atoms with van der Waals surface area (Å²) in [5, 5.41) is 0. The number of halogens is 1. The van der Waals surface area contributed by atoms with Crippen LogP contribution in [0.3, 0.4) is 0 Å². The maximum Gasteiger partial charge on any atom is 0.0730 e. The number of nitrogens with two attached hydrogens (primary N) is 1. The summed E-state index contributed by atoms with van der Waals surface area (Å²) in [4.78, 5) is 0. The van der Waals surface area contributed by atoms with Gasteiger partial charge in [-0.3, -0.25) is 0 Å². The lowest BCUT2D eigenvalue weighted by molar-refractivity contribution is 0.0955. The minimum absolute atomic E-state index is 0.143. The van der Waals surface area contributed by atoms with E-state index in [1.807, 2.05) is 12.1 Å². The summed E-state index contributed by atoms with van der Waals surface area (Å²) in [7, 11) is 0. The lowest BCUT2D eigenvalue weighted by Crippen LogP contribution is -2.48. The van der Waals surface area contributed by atoms with Crippen LogP contribution < -0.4 is 5.73 Å². The van der Waals surface area contributed by atoms with E-state index in [0.717, 1.165) is 23.9 Å². The zero-order valence-electron chi connectivity index (χ0n) is 8.87. The molecule has 0 amide bonds. The highest BCUT2D eigenvalue weighted by Gasteiger charge is 2.37. The largest absolute Gasteiger partial charge is 0.377 e. The molecule has 0 spiro atoms. The molecule has 2 nitrogen and oxygen atoms in total. The Balaban J connectivity index is 2.18. The molecule has 1 aromatic rings. The van der Waals surface area contributed by atoms with Gasteiger partial charge in [-0.25, -0.2) is 0 Å². The zero-order valence-corrected chi connectivity index (χ0v) is 10.5. The molecule has 2 atom stereocenters. The topological polar surface area (TPSA) is 35.2 Å². The van der Waals surface area contributed by atoms with E-state index >= 15 is 0 Å². The number of hydrogen-bond acceptors (Lipinski definition) is 2. The maximum atomic E-state index is 6.36. The molecule has 1 saturated heterocycles. The standard InChI is InChI=1S/C12H16BrNO/c1-9-12(14,6-7-15-9)8-10-4-2-3-5-11(10)13/h2-5,9H,6-8,14H2,1H3. The van der Waals surface area contributed by atoms with E-state index in [-0.39, 0.29) is 11.6 Å². The van der Waals surface area contributed by atoms with Crippen LogP contribution in [0.2, 0.25) is 0 Å². The van der Waals surface area contributed by atoms with Crippen molar-refractivity contribution in [1.29, 1.82) is 0 Å². The summed E-state index contributed by atoms with van der Waals surface area (Å²) in [6, 6.07) is 8.23. The van der Waals surface area contributed by atoms with Crippen LogP contribution in [0.5, 0.6) is 0 Å². The zero-order chi connectivity index (χ0) is 10.9. The normalized spacial score (nSPS) is 30.7. The summed E-state index contributed by atoms with van der Waals surface area (Å²) in [6.45, 7) is 2.84. The molecule has 15 heavy (non-hydrogen) atoms. The number of benzene rings is 1. The Bertz CT molecular complexity index is 355. The van der Waals surface area contributed by atoms with E-state index in [9.17, 15) is 0 Å². The van der Waals surface area contributed by atoms with Crippen LogP contribution >= 0.6 is 15.9 Å². The van der Waals surface area contributed by atoms with E-state index in [4.69, 9.17) is 10.5 Å². The Morgan fingerprint density at radius 1 is 1.53 bits per heavy atom. The first-order valence-corrected chi connectivity index (χ1v) is 6.05. The highest BCUT2D eigenvalue weighted by Crippen LogP contribution is 2.29. The van der Waals surface area contributed by atoms with E-state index < -0.39 is 0 Å². The molecule has 1 aliphatic rings. The SMILES string of the molecule is CC1OCCC1(N)Cc1ccccc1Br. The molecule has 0 saturated carbocycles. The van der Waals surface area contributed by atoms with Gasteiger partial charge in [-0.15, -0.1) is 0 Å². The summed E-state index contributed by atoms with van der Waals surface area (Å²) >= 11 is 3.55. The molecule has 2 rings (SSSR count). The van der Waals surface area contributed by atoms with Crippen molar-refractivity contribution >= 4 is 15.9 Å². The van der Waals surface area contributed by atoms with E-state index in [2.05, 4.69) is 35.0 Å². The minimum Gasteiger partial charge on any atom is -0.377 e. The summed E-state index contributed by atoms with van der Waals surface area (Å²) in [5.74, 6) is 0. The molecular weight excluding hydrogens is 254 g/mol. The molecule has 2 N–H and O–H groups in total. The predicted octanol–water partition coefficient (Wildman–Crippen LogP) is 2.50. The van der Waals surface area contributed by atoms with Crippen molar-refractivity contribution in [3.05, 3.63) is 34.3 Å². The third-order valence-electron chi connectivity index (χ3n) is 3.22. The van der Waals surface area contributed by atoms with Crippen molar-refractivity contribution in [2.24, 2.45) is 5.73 Å². The maximum absolute atomic E-state index is 6.36. The van der Waals surface area contributed by atoms with Gasteiger partial charge in [0.1, 0.15) is 0 Å². The Labute approximate surface area is 98.9 Å². The van der Waals surface area contributed by atoms with Gasteiger partial charge in [0.25, 0.3) is 0 Å². The van der Waals surface area contributed by atoms with Gasteiger partial charge in [-0.1, -0.05) is 34.1 Å². The monoisotopic (exact) mass is 269 g/mol. The van der Waals surface area contributed by atoms with Gasteiger partial charge in [-0.05, 0) is 31.4 Å². The first kappa shape index (κ1) is 11.1. The van der Waals surface area contributed by atoms with Gasteiger partial charge in [0.15, 0.2) is 0 Å². The second kappa shape index (κ2) is 4.24. The molecule has 1 aliphatic heterocycles. The Morgan fingerprint density at radius 3 is 2.87 bits per heavy atom. The van der Waals surface area contributed by atoms with Crippen molar-refractivity contribution in [3.63, 3.8) is 0 Å². The number of hydrogen-bond donors (Lipinski definition) is 1. The van der Waals surface area contributed by atoms with Gasteiger partial charge in [-0.2, -0.15) is 0 Å². The number of rotatable bonds is 2. The van der Waals surface area contributed by atoms with E-state index in [0.29, 0.717) is 0 Å². The average molecular weight is 270 g/mol. The molecule has 0 radical (unpaired) electrons. The van der Waals surface area contributed by atoms with Gasteiger partial charge < -0.3 is 10.5 Å². The third kappa shape index (κ3) is 2.25. The quantitative estimate of drug-likeness (QED) is 0.896. The molecule has 2 unspecified atom stereocenters. The van der Waals surface area contributed by atoms with Crippen molar-refractivity contribution in [2.45, 2.75) is 31.4 Å². The van der Waals surface area contributed by atoms with E-state index in [1.54, 1.807) is 0 Å². The van der Waals surface area contributed by atoms with Gasteiger partial charge in [0, 0.05) is 16.6 Å². The fraction of sp³-hybridized carbons (Fsp3) is 0.500. The van der Waals surface area contributed by atoms with Crippen molar-refractivity contribution < 1.29 is 4.74 Å². The highest BCUT2D eigenvalue weighted by molar-refractivity contribution is 9.10. The Kier molecular flexibility index (Phi) is 3.14. The molecule has 1 heterocycles. The summed E-state index contributed by atoms with van der Waals surface area (Å²) < 4.78 is 6.67. The van der Waals surface area contributed by atoms with Crippen LogP contribution in [-0.2, 0) is 11.2 Å². The molecule has 1 aromatic carbocycles. The summed E-state index contributed by atoms with van der Waals surface area (Å²) in [6.07, 6.45) is 1.95. The van der Waals surface area contributed by atoms with Crippen LogP contribution in [0, 0.1) is 0 Å². The summed E-state index contributed by atoms with van der Waals surface area (Å²) in [5.41, 5.74) is 7.41. The second-order valence-corrected chi connectivity index (χ2v) is 5.12. The van der Waals surface area contributed by atoms with Crippen LogP contribution in [-0.4, -0.2) is 18.2 Å². The highest BCUT2D eigenvalue weighted by atomic mass is 79.9. The lowest BCUT2D eigenvalue weighted by atomic mass is 9.86. The smallest absolute Gasteiger partial charge is 0.0730 e. The van der Waals surface area contributed by atoms with Crippen LogP contribution in [0.1, 0.15) is 18.9 Å². The molecule has 82 valence electrons. The average Bonchev–Trinajstić information content (AvgIpc) is 2.51. The van der Waals surface area contributed by atoms with Gasteiger partial charge in [0.05, 0.1) is 6.10 Å². The van der Waals surface area contributed by atoms with Gasteiger partial charge in [0.2, 0.25) is 0 Å². The van der Waals surface area contributed by atoms with Crippen molar-refractivity contribution in [2.75, 3.05) is 6.61 Å². The molecule has 1 fully saturated rings. The molecule has 0 aliphatic carbocycles. The third-order valence-corrected chi connectivity index (χ3v) is 4.00. The predicted molar refractivity (Wildman–Crippen MR) is 64.8 cm³/mol. The number of ether oxygens (including phenoxy) is 1. The molecule has 3 heteroatoms. The second-order valence-electron chi connectivity index (χ2n) is 4.26. The fourth-order valence-electron chi connectivity index (χ4n) is 2.02. The molecule has 0 bridgehead atoms. The van der Waals surface area contributed by atoms with Crippen LogP contribution in [0.4, 0.5) is 0 Å².